The Kier molecular flexibility index (Phi) is 3.61. The van der Waals surface area contributed by atoms with E-state index in [4.69, 9.17) is 4.42 Å². The zero-order valence-corrected chi connectivity index (χ0v) is 10.9. The molecule has 0 saturated carbocycles. The van der Waals surface area contributed by atoms with Gasteiger partial charge in [-0.3, -0.25) is 14.9 Å². The van der Waals surface area contributed by atoms with Crippen LogP contribution in [0.25, 0.3) is 0 Å². The van der Waals surface area contributed by atoms with Crippen molar-refractivity contribution in [2.75, 3.05) is 0 Å². The Morgan fingerprint density at radius 1 is 1.42 bits per heavy atom. The highest BCUT2D eigenvalue weighted by molar-refractivity contribution is 7.99. The second-order valence-corrected chi connectivity index (χ2v) is 4.71. The maximum absolute atomic E-state index is 11.4. The van der Waals surface area contributed by atoms with Gasteiger partial charge in [0.25, 0.3) is 10.9 Å². The first kappa shape index (κ1) is 13.2. The molecule has 0 aliphatic heterocycles. The van der Waals surface area contributed by atoms with Gasteiger partial charge in [-0.1, -0.05) is 0 Å². The summed E-state index contributed by atoms with van der Waals surface area (Å²) in [6.45, 7) is 2.95. The predicted molar refractivity (Wildman–Crippen MR) is 66.3 cm³/mol. The first-order valence-corrected chi connectivity index (χ1v) is 6.06. The molecule has 7 nitrogen and oxygen atoms in total. The molecule has 98 valence electrons. The molecule has 0 N–H and O–H groups in total. The topological polar surface area (TPSA) is 99.1 Å². The summed E-state index contributed by atoms with van der Waals surface area (Å²) in [5.74, 6) is 0.0621. The van der Waals surface area contributed by atoms with E-state index in [2.05, 4.69) is 10.2 Å². The number of nitrogens with zero attached hydrogens (tertiary/aromatic N) is 3. The molecule has 1 aromatic heterocycles. The van der Waals surface area contributed by atoms with Crippen LogP contribution in [-0.2, 0) is 0 Å². The normalized spacial score (nSPS) is 10.4. The number of nitro groups is 1. The smallest absolute Gasteiger partial charge is 0.281 e. The minimum absolute atomic E-state index is 0.0613. The molecule has 0 bridgehead atoms. The highest BCUT2D eigenvalue weighted by atomic mass is 32.2. The summed E-state index contributed by atoms with van der Waals surface area (Å²) in [5.41, 5.74) is -0.148. The lowest BCUT2D eigenvalue weighted by atomic mass is 10.1. The number of benzene rings is 1. The van der Waals surface area contributed by atoms with Crippen molar-refractivity contribution in [1.29, 1.82) is 0 Å². The molecule has 0 atom stereocenters. The molecule has 0 fully saturated rings. The van der Waals surface area contributed by atoms with Crippen molar-refractivity contribution >= 4 is 23.2 Å². The SMILES string of the molecule is CC(=O)c1cc(Sc2nnc(C)o2)ccc1[N+](=O)[O-]. The van der Waals surface area contributed by atoms with E-state index in [0.29, 0.717) is 16.0 Å². The van der Waals surface area contributed by atoms with Crippen molar-refractivity contribution in [2.24, 2.45) is 0 Å². The molecule has 0 amide bonds. The van der Waals surface area contributed by atoms with Crippen LogP contribution in [-0.4, -0.2) is 20.9 Å². The largest absolute Gasteiger partial charge is 0.416 e. The molecule has 8 heteroatoms. The second-order valence-electron chi connectivity index (χ2n) is 3.68. The zero-order valence-electron chi connectivity index (χ0n) is 10.1. The first-order chi connectivity index (χ1) is 8.97. The number of Topliss-reactive ketones (excluding diaryl/α,β-unsaturated/α-hetero) is 1. The molecular formula is C11H9N3O4S. The number of carbonyl (C=O) groups excluding carboxylic acids is 1. The van der Waals surface area contributed by atoms with Crippen molar-refractivity contribution in [3.63, 3.8) is 0 Å². The Morgan fingerprint density at radius 3 is 2.68 bits per heavy atom. The van der Waals surface area contributed by atoms with E-state index in [1.807, 2.05) is 0 Å². The summed E-state index contributed by atoms with van der Waals surface area (Å²) >= 11 is 1.15. The minimum Gasteiger partial charge on any atom is -0.416 e. The van der Waals surface area contributed by atoms with Gasteiger partial charge in [0.15, 0.2) is 5.78 Å². The molecule has 1 heterocycles. The molecule has 0 aliphatic carbocycles. The molecule has 0 unspecified atom stereocenters. The van der Waals surface area contributed by atoms with Crippen molar-refractivity contribution in [3.05, 3.63) is 39.8 Å². The first-order valence-electron chi connectivity index (χ1n) is 5.24. The Balaban J connectivity index is 2.35. The molecule has 0 aliphatic rings. The summed E-state index contributed by atoms with van der Waals surface area (Å²) in [6.07, 6.45) is 0. The van der Waals surface area contributed by atoms with Gasteiger partial charge in [0.05, 0.1) is 10.5 Å². The molecule has 0 radical (unpaired) electrons. The number of ketones is 1. The van der Waals surface area contributed by atoms with Crippen LogP contribution >= 0.6 is 11.8 Å². The molecule has 2 aromatic rings. The highest BCUT2D eigenvalue weighted by Gasteiger charge is 2.18. The van der Waals surface area contributed by atoms with Gasteiger partial charge in [-0.15, -0.1) is 10.2 Å². The number of hydrogen-bond acceptors (Lipinski definition) is 7. The van der Waals surface area contributed by atoms with Gasteiger partial charge >= 0.3 is 0 Å². The van der Waals surface area contributed by atoms with E-state index in [1.165, 1.54) is 25.1 Å². The van der Waals surface area contributed by atoms with Gasteiger partial charge in [0.2, 0.25) is 5.89 Å². The third-order valence-electron chi connectivity index (χ3n) is 2.26. The lowest BCUT2D eigenvalue weighted by Crippen LogP contribution is -2.00. The van der Waals surface area contributed by atoms with E-state index in [0.717, 1.165) is 11.8 Å². The minimum atomic E-state index is -0.581. The van der Waals surface area contributed by atoms with Gasteiger partial charge in [-0.05, 0) is 30.8 Å². The summed E-state index contributed by atoms with van der Waals surface area (Å²) < 4.78 is 5.19. The summed E-state index contributed by atoms with van der Waals surface area (Å²) in [4.78, 5) is 22.3. The van der Waals surface area contributed by atoms with Crippen LogP contribution in [0.1, 0.15) is 23.2 Å². The van der Waals surface area contributed by atoms with Gasteiger partial charge in [-0.2, -0.15) is 0 Å². The highest BCUT2D eigenvalue weighted by Crippen LogP contribution is 2.30. The fraction of sp³-hybridized carbons (Fsp3) is 0.182. The van der Waals surface area contributed by atoms with Gasteiger partial charge in [0, 0.05) is 17.9 Å². The number of nitro benzene ring substituents is 1. The predicted octanol–water partition coefficient (Wildman–Crippen LogP) is 2.64. The van der Waals surface area contributed by atoms with E-state index >= 15 is 0 Å². The number of hydrogen-bond donors (Lipinski definition) is 0. The second kappa shape index (κ2) is 5.19. The van der Waals surface area contributed by atoms with Gasteiger partial charge in [-0.25, -0.2) is 0 Å². The molecule has 19 heavy (non-hydrogen) atoms. The molecule has 0 saturated heterocycles. The van der Waals surface area contributed by atoms with E-state index in [-0.39, 0.29) is 17.0 Å². The quantitative estimate of drug-likeness (QED) is 0.481. The molecule has 0 spiro atoms. The van der Waals surface area contributed by atoms with Crippen molar-refractivity contribution in [1.82, 2.24) is 10.2 Å². The van der Waals surface area contributed by atoms with Crippen LogP contribution < -0.4 is 0 Å². The Bertz CT molecular complexity index is 653. The van der Waals surface area contributed by atoms with Crippen LogP contribution in [0, 0.1) is 17.0 Å². The summed E-state index contributed by atoms with van der Waals surface area (Å²) in [6, 6.07) is 4.28. The standard InChI is InChI=1S/C11H9N3O4S/c1-6(15)9-5-8(3-4-10(9)14(16)17)19-11-13-12-7(2)18-11/h3-5H,1-2H3. The average Bonchev–Trinajstić information content (AvgIpc) is 2.74. The summed E-state index contributed by atoms with van der Waals surface area (Å²) in [7, 11) is 0. The third kappa shape index (κ3) is 2.97. The van der Waals surface area contributed by atoms with Crippen LogP contribution in [0.5, 0.6) is 0 Å². The summed E-state index contributed by atoms with van der Waals surface area (Å²) in [5, 5.41) is 18.6. The monoisotopic (exact) mass is 279 g/mol. The van der Waals surface area contributed by atoms with Crippen LogP contribution in [0.2, 0.25) is 0 Å². The van der Waals surface area contributed by atoms with Gasteiger partial charge < -0.3 is 4.42 Å². The van der Waals surface area contributed by atoms with Crippen molar-refractivity contribution in [3.8, 4) is 0 Å². The molecule has 1 aromatic carbocycles. The van der Waals surface area contributed by atoms with Crippen LogP contribution in [0.4, 0.5) is 5.69 Å². The van der Waals surface area contributed by atoms with Crippen LogP contribution in [0.15, 0.2) is 32.7 Å². The van der Waals surface area contributed by atoms with E-state index < -0.39 is 4.92 Å². The van der Waals surface area contributed by atoms with E-state index in [9.17, 15) is 14.9 Å². The third-order valence-corrected chi connectivity index (χ3v) is 3.09. The van der Waals surface area contributed by atoms with Crippen LogP contribution in [0.3, 0.4) is 0 Å². The number of aryl methyl sites for hydroxylation is 1. The lowest BCUT2D eigenvalue weighted by molar-refractivity contribution is -0.385. The number of rotatable bonds is 4. The molecular weight excluding hydrogens is 270 g/mol. The number of carbonyl (C=O) groups is 1. The maximum atomic E-state index is 11.4. The fourth-order valence-electron chi connectivity index (χ4n) is 1.44. The zero-order chi connectivity index (χ0) is 14.0. The number of aromatic nitrogens is 2. The Labute approximate surface area is 112 Å². The van der Waals surface area contributed by atoms with Crippen molar-refractivity contribution < 1.29 is 14.1 Å². The molecule has 2 rings (SSSR count). The Morgan fingerprint density at radius 2 is 2.16 bits per heavy atom. The fourth-order valence-corrected chi connectivity index (χ4v) is 2.20. The average molecular weight is 279 g/mol. The van der Waals surface area contributed by atoms with E-state index in [1.54, 1.807) is 6.92 Å². The Hall–Kier alpha value is -2.22. The van der Waals surface area contributed by atoms with Crippen molar-refractivity contribution in [2.45, 2.75) is 24.0 Å². The maximum Gasteiger partial charge on any atom is 0.281 e. The lowest BCUT2D eigenvalue weighted by Gasteiger charge is -2.01. The van der Waals surface area contributed by atoms with Gasteiger partial charge in [0.1, 0.15) is 0 Å².